The molecule has 1 aliphatic rings. The molecule has 0 unspecified atom stereocenters. The van der Waals surface area contributed by atoms with Gasteiger partial charge in [0.15, 0.2) is 0 Å². The molecule has 1 fully saturated rings. The lowest BCUT2D eigenvalue weighted by Gasteiger charge is -2.34. The second-order valence-electron chi connectivity index (χ2n) is 4.99. The highest BCUT2D eigenvalue weighted by Gasteiger charge is 2.32. The Balaban J connectivity index is 2.34. The molecule has 0 N–H and O–H groups in total. The Morgan fingerprint density at radius 2 is 2.12 bits per heavy atom. The van der Waals surface area contributed by atoms with E-state index in [-0.39, 0.29) is 5.54 Å². The normalized spacial score (nSPS) is 19.1. The van der Waals surface area contributed by atoms with Crippen LogP contribution in [0.3, 0.4) is 0 Å². The van der Waals surface area contributed by atoms with Crippen molar-refractivity contribution >= 4 is 28.9 Å². The fourth-order valence-corrected chi connectivity index (χ4v) is 2.88. The minimum absolute atomic E-state index is 0.214. The molecular weight excluding hydrogens is 241 g/mol. The van der Waals surface area contributed by atoms with Crippen molar-refractivity contribution < 1.29 is 0 Å². The molecule has 0 aliphatic carbocycles. The molecule has 1 aliphatic heterocycles. The number of anilines is 1. The summed E-state index contributed by atoms with van der Waals surface area (Å²) in [6.07, 6.45) is 2.46. The lowest BCUT2D eigenvalue weighted by atomic mass is 10.0. The van der Waals surface area contributed by atoms with Crippen LogP contribution >= 0.6 is 23.2 Å². The monoisotopic (exact) mass is 257 g/mol. The van der Waals surface area contributed by atoms with Gasteiger partial charge in [0, 0.05) is 18.0 Å². The zero-order chi connectivity index (χ0) is 11.8. The maximum Gasteiger partial charge on any atom is 0.0642 e. The predicted octanol–water partition coefficient (Wildman–Crippen LogP) is 4.46. The molecule has 16 heavy (non-hydrogen) atoms. The summed E-state index contributed by atoms with van der Waals surface area (Å²) in [6, 6.07) is 6.12. The third-order valence-electron chi connectivity index (χ3n) is 3.36. The smallest absolute Gasteiger partial charge is 0.0642 e. The Labute approximate surface area is 107 Å². The summed E-state index contributed by atoms with van der Waals surface area (Å²) < 4.78 is 0. The first-order valence-electron chi connectivity index (χ1n) is 5.66. The van der Waals surface area contributed by atoms with Crippen molar-refractivity contribution in [3.05, 3.63) is 28.8 Å². The molecule has 0 aromatic heterocycles. The average Bonchev–Trinajstić information content (AvgIpc) is 2.58. The third-order valence-corrected chi connectivity index (χ3v) is 3.97. The van der Waals surface area contributed by atoms with Gasteiger partial charge in [0.25, 0.3) is 0 Å². The van der Waals surface area contributed by atoms with Crippen LogP contribution in [0.1, 0.15) is 32.3 Å². The molecule has 88 valence electrons. The van der Waals surface area contributed by atoms with Gasteiger partial charge in [-0.2, -0.15) is 0 Å². The van der Waals surface area contributed by atoms with Crippen LogP contribution in [0.5, 0.6) is 0 Å². The first-order chi connectivity index (χ1) is 7.54. The van der Waals surface area contributed by atoms with Gasteiger partial charge in [-0.25, -0.2) is 0 Å². The van der Waals surface area contributed by atoms with E-state index in [4.69, 9.17) is 23.2 Å². The molecule has 2 rings (SSSR count). The van der Waals surface area contributed by atoms with E-state index in [9.17, 15) is 0 Å². The number of halogens is 2. The van der Waals surface area contributed by atoms with Gasteiger partial charge >= 0.3 is 0 Å². The Morgan fingerprint density at radius 1 is 1.38 bits per heavy atom. The topological polar surface area (TPSA) is 3.24 Å². The van der Waals surface area contributed by atoms with Gasteiger partial charge in [0.05, 0.1) is 10.7 Å². The first kappa shape index (κ1) is 12.1. The van der Waals surface area contributed by atoms with Crippen molar-refractivity contribution in [3.63, 3.8) is 0 Å². The van der Waals surface area contributed by atoms with Crippen molar-refractivity contribution in [2.45, 2.75) is 38.1 Å². The summed E-state index contributed by atoms with van der Waals surface area (Å²) in [6.45, 7) is 5.63. The molecule has 0 amide bonds. The van der Waals surface area contributed by atoms with Crippen LogP contribution in [0.25, 0.3) is 0 Å². The molecule has 1 aromatic carbocycles. The zero-order valence-corrected chi connectivity index (χ0v) is 11.3. The zero-order valence-electron chi connectivity index (χ0n) is 9.76. The highest BCUT2D eigenvalue weighted by Crippen LogP contribution is 2.37. The maximum absolute atomic E-state index is 6.32. The molecule has 0 atom stereocenters. The van der Waals surface area contributed by atoms with E-state index in [0.717, 1.165) is 22.8 Å². The van der Waals surface area contributed by atoms with E-state index in [1.54, 1.807) is 0 Å². The van der Waals surface area contributed by atoms with Gasteiger partial charge in [0.1, 0.15) is 0 Å². The second kappa shape index (κ2) is 4.46. The molecule has 0 spiro atoms. The average molecular weight is 258 g/mol. The molecule has 1 nitrogen and oxygen atoms in total. The van der Waals surface area contributed by atoms with Crippen LogP contribution < -0.4 is 4.90 Å². The van der Waals surface area contributed by atoms with Gasteiger partial charge in [-0.3, -0.25) is 0 Å². The van der Waals surface area contributed by atoms with E-state index < -0.39 is 0 Å². The summed E-state index contributed by atoms with van der Waals surface area (Å²) in [4.78, 5) is 2.40. The SMILES string of the molecule is CC1(C)CCCN1c1ccc(CCl)cc1Cl. The summed E-state index contributed by atoms with van der Waals surface area (Å²) in [5.41, 5.74) is 2.43. The van der Waals surface area contributed by atoms with E-state index in [2.05, 4.69) is 30.9 Å². The van der Waals surface area contributed by atoms with Crippen LogP contribution in [-0.4, -0.2) is 12.1 Å². The van der Waals surface area contributed by atoms with Gasteiger partial charge < -0.3 is 4.90 Å². The minimum atomic E-state index is 0.214. The minimum Gasteiger partial charge on any atom is -0.365 e. The fourth-order valence-electron chi connectivity index (χ4n) is 2.41. The molecular formula is C13H17Cl2N. The Kier molecular flexibility index (Phi) is 3.37. The lowest BCUT2D eigenvalue weighted by molar-refractivity contribution is 0.518. The molecule has 1 saturated heterocycles. The van der Waals surface area contributed by atoms with Crippen molar-refractivity contribution in [2.75, 3.05) is 11.4 Å². The Hall–Kier alpha value is -0.400. The van der Waals surface area contributed by atoms with E-state index in [1.807, 2.05) is 6.07 Å². The van der Waals surface area contributed by atoms with E-state index in [0.29, 0.717) is 5.88 Å². The molecule has 1 heterocycles. The van der Waals surface area contributed by atoms with Crippen LogP contribution in [0, 0.1) is 0 Å². The van der Waals surface area contributed by atoms with Gasteiger partial charge in [0.2, 0.25) is 0 Å². The lowest BCUT2D eigenvalue weighted by Crippen LogP contribution is -2.38. The Morgan fingerprint density at radius 3 is 2.62 bits per heavy atom. The number of rotatable bonds is 2. The van der Waals surface area contributed by atoms with Gasteiger partial charge in [-0.05, 0) is 44.4 Å². The van der Waals surface area contributed by atoms with E-state index in [1.165, 1.54) is 12.8 Å². The highest BCUT2D eigenvalue weighted by atomic mass is 35.5. The summed E-state index contributed by atoms with van der Waals surface area (Å²) >= 11 is 12.1. The quantitative estimate of drug-likeness (QED) is 0.708. The van der Waals surface area contributed by atoms with Crippen LogP contribution in [0.15, 0.2) is 18.2 Å². The molecule has 0 saturated carbocycles. The number of nitrogens with zero attached hydrogens (tertiary/aromatic N) is 1. The molecule has 0 bridgehead atoms. The molecule has 1 aromatic rings. The van der Waals surface area contributed by atoms with Crippen LogP contribution in [-0.2, 0) is 5.88 Å². The molecule has 0 radical (unpaired) electrons. The highest BCUT2D eigenvalue weighted by molar-refractivity contribution is 6.33. The van der Waals surface area contributed by atoms with Gasteiger partial charge in [-0.15, -0.1) is 11.6 Å². The number of benzene rings is 1. The first-order valence-corrected chi connectivity index (χ1v) is 6.58. The van der Waals surface area contributed by atoms with Gasteiger partial charge in [-0.1, -0.05) is 17.7 Å². The summed E-state index contributed by atoms with van der Waals surface area (Å²) in [5, 5.41) is 0.813. The number of alkyl halides is 1. The van der Waals surface area contributed by atoms with Crippen LogP contribution in [0.4, 0.5) is 5.69 Å². The van der Waals surface area contributed by atoms with Crippen molar-refractivity contribution in [2.24, 2.45) is 0 Å². The number of hydrogen-bond donors (Lipinski definition) is 0. The van der Waals surface area contributed by atoms with Crippen molar-refractivity contribution in [1.82, 2.24) is 0 Å². The van der Waals surface area contributed by atoms with Crippen molar-refractivity contribution in [1.29, 1.82) is 0 Å². The summed E-state index contributed by atoms with van der Waals surface area (Å²) in [5.74, 6) is 0.517. The summed E-state index contributed by atoms with van der Waals surface area (Å²) in [7, 11) is 0. The maximum atomic E-state index is 6.32. The van der Waals surface area contributed by atoms with Crippen molar-refractivity contribution in [3.8, 4) is 0 Å². The fraction of sp³-hybridized carbons (Fsp3) is 0.538. The predicted molar refractivity (Wildman–Crippen MR) is 71.7 cm³/mol. The van der Waals surface area contributed by atoms with Crippen LogP contribution in [0.2, 0.25) is 5.02 Å². The second-order valence-corrected chi connectivity index (χ2v) is 5.66. The molecule has 3 heteroatoms. The standard InChI is InChI=1S/C13H17Cl2N/c1-13(2)6-3-7-16(13)12-5-4-10(9-14)8-11(12)15/h4-5,8H,3,6-7,9H2,1-2H3. The third kappa shape index (κ3) is 2.16. The Bertz CT molecular complexity index is 388. The van der Waals surface area contributed by atoms with E-state index >= 15 is 0 Å². The largest absolute Gasteiger partial charge is 0.365 e. The number of hydrogen-bond acceptors (Lipinski definition) is 1.